The third-order valence-corrected chi connectivity index (χ3v) is 5.08. The van der Waals surface area contributed by atoms with E-state index in [0.717, 1.165) is 11.8 Å². The van der Waals surface area contributed by atoms with Gasteiger partial charge in [0.05, 0.1) is 12.8 Å². The number of ether oxygens (including phenoxy) is 1. The Morgan fingerprint density at radius 2 is 2.07 bits per heavy atom. The second-order valence-corrected chi connectivity index (χ2v) is 7.26. The lowest BCUT2D eigenvalue weighted by Gasteiger charge is -2.22. The normalized spacial score (nSPS) is 17.4. The van der Waals surface area contributed by atoms with E-state index in [0.29, 0.717) is 16.9 Å². The standard InChI is InChI=1S/C20H19FN4O3S/c1-12(13-8-9-16(28-2)15(21)10-13)24-25-20-23-18(26)11-17(29-20)19(27)22-14-6-4-3-5-7-14/h3-10,17,24H,1,11H2,2H3,(H,22,27)(H,23,25,26)/t17-/m0/s1. The summed E-state index contributed by atoms with van der Waals surface area (Å²) in [6.45, 7) is 3.81. The summed E-state index contributed by atoms with van der Waals surface area (Å²) in [5.41, 5.74) is 4.12. The van der Waals surface area contributed by atoms with Crippen molar-refractivity contribution < 1.29 is 18.7 Å². The van der Waals surface area contributed by atoms with Crippen molar-refractivity contribution in [3.8, 4) is 5.75 Å². The number of halogens is 1. The van der Waals surface area contributed by atoms with Crippen molar-refractivity contribution in [2.24, 2.45) is 5.10 Å². The van der Waals surface area contributed by atoms with Gasteiger partial charge >= 0.3 is 0 Å². The molecule has 0 aliphatic carbocycles. The second-order valence-electron chi connectivity index (χ2n) is 6.07. The largest absolute Gasteiger partial charge is 0.494 e. The molecule has 1 atom stereocenters. The minimum atomic E-state index is -0.629. The molecule has 150 valence electrons. The zero-order valence-corrected chi connectivity index (χ0v) is 16.4. The fourth-order valence-corrected chi connectivity index (χ4v) is 3.47. The number of benzene rings is 2. The molecular weight excluding hydrogens is 395 g/mol. The van der Waals surface area contributed by atoms with Gasteiger partial charge in [0.2, 0.25) is 11.8 Å². The molecule has 1 aliphatic heterocycles. The molecule has 3 N–H and O–H groups in total. The molecule has 0 unspecified atom stereocenters. The van der Waals surface area contributed by atoms with E-state index in [1.807, 2.05) is 6.07 Å². The van der Waals surface area contributed by atoms with Gasteiger partial charge in [-0.15, -0.1) is 5.10 Å². The number of hydrogen-bond acceptors (Lipinski definition) is 6. The molecule has 1 heterocycles. The average Bonchev–Trinajstić information content (AvgIpc) is 2.72. The Morgan fingerprint density at radius 3 is 2.76 bits per heavy atom. The predicted octanol–water partition coefficient (Wildman–Crippen LogP) is 2.93. The van der Waals surface area contributed by atoms with Crippen LogP contribution in [0.1, 0.15) is 12.0 Å². The van der Waals surface area contributed by atoms with Crippen LogP contribution >= 0.6 is 11.8 Å². The Balaban J connectivity index is 1.64. The van der Waals surface area contributed by atoms with Crippen LogP contribution in [-0.2, 0) is 9.59 Å². The maximum atomic E-state index is 13.8. The molecule has 0 saturated carbocycles. The smallest absolute Gasteiger partial charge is 0.238 e. The Kier molecular flexibility index (Phi) is 6.50. The number of para-hydroxylation sites is 1. The highest BCUT2D eigenvalue weighted by molar-refractivity contribution is 8.15. The van der Waals surface area contributed by atoms with Crippen molar-refractivity contribution in [2.45, 2.75) is 11.7 Å². The zero-order valence-electron chi connectivity index (χ0n) is 15.6. The Labute approximate surface area is 171 Å². The Morgan fingerprint density at radius 1 is 1.31 bits per heavy atom. The van der Waals surface area contributed by atoms with E-state index in [4.69, 9.17) is 4.74 Å². The van der Waals surface area contributed by atoms with Crippen LogP contribution in [0.15, 0.2) is 60.2 Å². The molecule has 1 fully saturated rings. The van der Waals surface area contributed by atoms with Crippen LogP contribution in [0.4, 0.5) is 10.1 Å². The van der Waals surface area contributed by atoms with Gasteiger partial charge < -0.3 is 15.4 Å². The van der Waals surface area contributed by atoms with E-state index in [-0.39, 0.29) is 29.2 Å². The fourth-order valence-electron chi connectivity index (χ4n) is 2.53. The fraction of sp³-hybridized carbons (Fsp3) is 0.150. The molecule has 9 heteroatoms. The number of thioether (sulfide) groups is 1. The summed E-state index contributed by atoms with van der Waals surface area (Å²) in [5, 5.41) is 9.06. The lowest BCUT2D eigenvalue weighted by Crippen LogP contribution is -2.42. The quantitative estimate of drug-likeness (QED) is 0.632. The van der Waals surface area contributed by atoms with Gasteiger partial charge in [0.1, 0.15) is 5.25 Å². The van der Waals surface area contributed by atoms with Crippen LogP contribution in [-0.4, -0.2) is 29.3 Å². The summed E-state index contributed by atoms with van der Waals surface area (Å²) in [6.07, 6.45) is 0.0347. The van der Waals surface area contributed by atoms with E-state index < -0.39 is 11.1 Å². The van der Waals surface area contributed by atoms with Crippen molar-refractivity contribution in [3.05, 3.63) is 66.5 Å². The number of hydrazone groups is 1. The van der Waals surface area contributed by atoms with Crippen LogP contribution in [0.25, 0.3) is 5.70 Å². The number of anilines is 1. The second kappa shape index (κ2) is 9.24. The highest BCUT2D eigenvalue weighted by Crippen LogP contribution is 2.23. The van der Waals surface area contributed by atoms with Gasteiger partial charge in [0, 0.05) is 17.7 Å². The Hall–Kier alpha value is -3.33. The number of amidine groups is 1. The summed E-state index contributed by atoms with van der Waals surface area (Å²) in [6, 6.07) is 13.3. The molecule has 2 aromatic rings. The van der Waals surface area contributed by atoms with E-state index in [1.54, 1.807) is 30.3 Å². The van der Waals surface area contributed by atoms with E-state index in [9.17, 15) is 14.0 Å². The average molecular weight is 414 g/mol. The molecule has 2 amide bonds. The number of rotatable bonds is 6. The third-order valence-electron chi connectivity index (χ3n) is 4.00. The molecule has 2 aromatic carbocycles. The maximum absolute atomic E-state index is 13.8. The van der Waals surface area contributed by atoms with Gasteiger partial charge in [0.15, 0.2) is 16.7 Å². The number of nitrogens with one attached hydrogen (secondary N) is 3. The number of amides is 2. The first-order valence-electron chi connectivity index (χ1n) is 8.65. The molecule has 0 spiro atoms. The van der Waals surface area contributed by atoms with Crippen molar-refractivity contribution in [1.82, 2.24) is 10.7 Å². The van der Waals surface area contributed by atoms with Crippen molar-refractivity contribution in [2.75, 3.05) is 12.4 Å². The molecular formula is C20H19FN4O3S. The van der Waals surface area contributed by atoms with Crippen LogP contribution < -0.4 is 20.8 Å². The van der Waals surface area contributed by atoms with Gasteiger partial charge in [0.25, 0.3) is 0 Å². The van der Waals surface area contributed by atoms with Crippen LogP contribution in [0.3, 0.4) is 0 Å². The van der Waals surface area contributed by atoms with Crippen molar-refractivity contribution in [3.63, 3.8) is 0 Å². The summed E-state index contributed by atoms with van der Waals surface area (Å²) < 4.78 is 18.7. The summed E-state index contributed by atoms with van der Waals surface area (Å²) >= 11 is 1.12. The number of methoxy groups -OCH3 is 1. The van der Waals surface area contributed by atoms with E-state index in [2.05, 4.69) is 27.7 Å². The third kappa shape index (κ3) is 5.35. The monoisotopic (exact) mass is 414 g/mol. The molecule has 1 aliphatic rings. The molecule has 0 bridgehead atoms. The maximum Gasteiger partial charge on any atom is 0.238 e. The number of nitrogens with zero attached hydrogens (tertiary/aromatic N) is 1. The first-order chi connectivity index (χ1) is 14.0. The highest BCUT2D eigenvalue weighted by atomic mass is 32.2. The molecule has 29 heavy (non-hydrogen) atoms. The summed E-state index contributed by atoms with van der Waals surface area (Å²) in [4.78, 5) is 24.4. The van der Waals surface area contributed by atoms with Gasteiger partial charge in [-0.1, -0.05) is 36.5 Å². The van der Waals surface area contributed by atoms with Crippen LogP contribution in [0, 0.1) is 5.82 Å². The van der Waals surface area contributed by atoms with Gasteiger partial charge in [-0.2, -0.15) is 0 Å². The topological polar surface area (TPSA) is 91.8 Å². The SMILES string of the molecule is C=C(N/N=C1\NC(=O)C[C@@H](C(=O)Nc2ccccc2)S1)c1ccc(OC)c(F)c1. The summed E-state index contributed by atoms with van der Waals surface area (Å²) in [7, 11) is 1.38. The minimum absolute atomic E-state index is 0.0347. The lowest BCUT2D eigenvalue weighted by molar-refractivity contribution is -0.123. The van der Waals surface area contributed by atoms with E-state index in [1.165, 1.54) is 19.2 Å². The van der Waals surface area contributed by atoms with Crippen molar-refractivity contribution >= 4 is 40.1 Å². The first kappa shape index (κ1) is 20.4. The highest BCUT2D eigenvalue weighted by Gasteiger charge is 2.30. The van der Waals surface area contributed by atoms with Gasteiger partial charge in [-0.25, -0.2) is 4.39 Å². The predicted molar refractivity (Wildman–Crippen MR) is 112 cm³/mol. The molecule has 7 nitrogen and oxygen atoms in total. The first-order valence-corrected chi connectivity index (χ1v) is 9.53. The molecule has 1 saturated heterocycles. The summed E-state index contributed by atoms with van der Waals surface area (Å²) in [5.74, 6) is -1.02. The number of carbonyl (C=O) groups excluding carboxylic acids is 2. The lowest BCUT2D eigenvalue weighted by atomic mass is 10.1. The zero-order chi connectivity index (χ0) is 20.8. The molecule has 0 radical (unpaired) electrons. The molecule has 0 aromatic heterocycles. The van der Waals surface area contributed by atoms with Gasteiger partial charge in [-0.3, -0.25) is 15.0 Å². The van der Waals surface area contributed by atoms with Crippen molar-refractivity contribution in [1.29, 1.82) is 0 Å². The number of carbonyl (C=O) groups is 2. The minimum Gasteiger partial charge on any atom is -0.494 e. The van der Waals surface area contributed by atoms with E-state index >= 15 is 0 Å². The van der Waals surface area contributed by atoms with Gasteiger partial charge in [-0.05, 0) is 30.3 Å². The Bertz CT molecular complexity index is 965. The van der Waals surface area contributed by atoms with Crippen LogP contribution in [0.2, 0.25) is 0 Å². The van der Waals surface area contributed by atoms with Crippen LogP contribution in [0.5, 0.6) is 5.75 Å². The number of hydrogen-bond donors (Lipinski definition) is 3. The molecule has 3 rings (SSSR count).